The Hall–Kier alpha value is -0.970. The number of nitrogens with zero attached hydrogens (tertiary/aromatic N) is 1. The van der Waals surface area contributed by atoms with Gasteiger partial charge in [0.15, 0.2) is 0 Å². The zero-order chi connectivity index (χ0) is 12.3. The maximum Gasteiger partial charge on any atom is 0.142 e. The van der Waals surface area contributed by atoms with Crippen LogP contribution in [-0.4, -0.2) is 12.0 Å². The van der Waals surface area contributed by atoms with Crippen LogP contribution in [0.3, 0.4) is 0 Å². The van der Waals surface area contributed by atoms with Gasteiger partial charge in [0.2, 0.25) is 0 Å². The van der Waals surface area contributed by atoms with E-state index < -0.39 is 0 Å². The van der Waals surface area contributed by atoms with Crippen LogP contribution in [0.2, 0.25) is 5.02 Å². The third-order valence-corrected chi connectivity index (χ3v) is 3.91. The molecule has 1 heterocycles. The van der Waals surface area contributed by atoms with E-state index in [1.54, 1.807) is 22.9 Å². The number of likely N-dealkylation sites (N-methyl/N-ethyl adjacent to an activating group) is 1. The van der Waals surface area contributed by atoms with E-state index in [0.717, 1.165) is 10.4 Å². The van der Waals surface area contributed by atoms with Crippen molar-refractivity contribution in [2.24, 2.45) is 0 Å². The summed E-state index contributed by atoms with van der Waals surface area (Å²) in [5, 5.41) is 3.39. The first-order valence-corrected chi connectivity index (χ1v) is 6.46. The Morgan fingerprint density at radius 3 is 3.00 bits per heavy atom. The molecule has 0 saturated carbocycles. The van der Waals surface area contributed by atoms with Gasteiger partial charge >= 0.3 is 0 Å². The SMILES string of the molecule is CNC(Cc1cccc(F)c1Cl)c1cncs1. The van der Waals surface area contributed by atoms with E-state index in [1.807, 2.05) is 19.3 Å². The smallest absolute Gasteiger partial charge is 0.142 e. The quantitative estimate of drug-likeness (QED) is 0.921. The van der Waals surface area contributed by atoms with E-state index >= 15 is 0 Å². The summed E-state index contributed by atoms with van der Waals surface area (Å²) in [5.74, 6) is -0.372. The number of aromatic nitrogens is 1. The predicted molar refractivity (Wildman–Crippen MR) is 69.0 cm³/mol. The fourth-order valence-electron chi connectivity index (χ4n) is 1.67. The molecule has 90 valence electrons. The van der Waals surface area contributed by atoms with Gasteiger partial charge in [0.25, 0.3) is 0 Å². The van der Waals surface area contributed by atoms with E-state index in [-0.39, 0.29) is 16.9 Å². The van der Waals surface area contributed by atoms with E-state index in [2.05, 4.69) is 10.3 Å². The summed E-state index contributed by atoms with van der Waals surface area (Å²) in [6, 6.07) is 5.00. The molecule has 5 heteroatoms. The molecule has 0 radical (unpaired) electrons. The molecular formula is C12H12ClFN2S. The monoisotopic (exact) mass is 270 g/mol. The maximum atomic E-state index is 13.3. The van der Waals surface area contributed by atoms with Crippen molar-refractivity contribution in [3.8, 4) is 0 Å². The van der Waals surface area contributed by atoms with Crippen molar-refractivity contribution in [1.82, 2.24) is 10.3 Å². The second-order valence-corrected chi connectivity index (χ2v) is 4.96. The third kappa shape index (κ3) is 2.83. The molecule has 1 N–H and O–H groups in total. The van der Waals surface area contributed by atoms with E-state index in [0.29, 0.717) is 6.42 Å². The fraction of sp³-hybridized carbons (Fsp3) is 0.250. The fourth-order valence-corrected chi connectivity index (χ4v) is 2.60. The van der Waals surface area contributed by atoms with Gasteiger partial charge in [-0.15, -0.1) is 11.3 Å². The zero-order valence-corrected chi connectivity index (χ0v) is 10.9. The number of hydrogen-bond acceptors (Lipinski definition) is 3. The summed E-state index contributed by atoms with van der Waals surface area (Å²) >= 11 is 7.52. The van der Waals surface area contributed by atoms with Crippen molar-refractivity contribution in [3.05, 3.63) is 51.2 Å². The lowest BCUT2D eigenvalue weighted by molar-refractivity contribution is 0.591. The first-order valence-electron chi connectivity index (χ1n) is 5.21. The summed E-state index contributed by atoms with van der Waals surface area (Å²) in [6.45, 7) is 0. The van der Waals surface area contributed by atoms with Crippen LogP contribution in [0, 0.1) is 5.82 Å². The molecule has 1 aromatic heterocycles. The largest absolute Gasteiger partial charge is 0.312 e. The second kappa shape index (κ2) is 5.58. The Labute approximate surface area is 108 Å². The van der Waals surface area contributed by atoms with Crippen LogP contribution in [0.1, 0.15) is 16.5 Å². The highest BCUT2D eigenvalue weighted by Gasteiger charge is 2.14. The van der Waals surface area contributed by atoms with Crippen LogP contribution in [0.5, 0.6) is 0 Å². The Balaban J connectivity index is 2.22. The van der Waals surface area contributed by atoms with Gasteiger partial charge in [-0.1, -0.05) is 23.7 Å². The zero-order valence-electron chi connectivity index (χ0n) is 9.28. The number of thiazole rings is 1. The van der Waals surface area contributed by atoms with Crippen LogP contribution in [0.4, 0.5) is 4.39 Å². The van der Waals surface area contributed by atoms with Crippen LogP contribution in [0.25, 0.3) is 0 Å². The molecule has 0 aliphatic rings. The molecule has 0 fully saturated rings. The van der Waals surface area contributed by atoms with Gasteiger partial charge in [-0.25, -0.2) is 4.39 Å². The highest BCUT2D eigenvalue weighted by Crippen LogP contribution is 2.26. The second-order valence-electron chi connectivity index (χ2n) is 3.66. The molecular weight excluding hydrogens is 259 g/mol. The molecule has 1 unspecified atom stereocenters. The molecule has 1 aromatic carbocycles. The molecule has 0 aliphatic carbocycles. The molecule has 2 aromatic rings. The van der Waals surface area contributed by atoms with Gasteiger partial charge < -0.3 is 5.32 Å². The first-order chi connectivity index (χ1) is 8.22. The topological polar surface area (TPSA) is 24.9 Å². The molecule has 17 heavy (non-hydrogen) atoms. The normalized spacial score (nSPS) is 12.6. The van der Waals surface area contributed by atoms with Gasteiger partial charge in [-0.3, -0.25) is 4.98 Å². The van der Waals surface area contributed by atoms with Crippen LogP contribution in [0.15, 0.2) is 29.9 Å². The summed E-state index contributed by atoms with van der Waals surface area (Å²) in [7, 11) is 1.87. The Morgan fingerprint density at radius 1 is 1.53 bits per heavy atom. The molecule has 2 rings (SSSR count). The Morgan fingerprint density at radius 2 is 2.35 bits per heavy atom. The minimum Gasteiger partial charge on any atom is -0.312 e. The standard InChI is InChI=1S/C12H12ClFN2S/c1-15-10(11-6-16-7-17-11)5-8-3-2-4-9(14)12(8)13/h2-4,6-7,10,15H,5H2,1H3. The minimum absolute atomic E-state index is 0.113. The van der Waals surface area contributed by atoms with E-state index in [4.69, 9.17) is 11.6 Å². The number of nitrogens with one attached hydrogen (secondary N) is 1. The molecule has 1 atom stereocenters. The minimum atomic E-state index is -0.372. The number of benzene rings is 1. The Bertz CT molecular complexity index is 487. The summed E-state index contributed by atoms with van der Waals surface area (Å²) in [4.78, 5) is 5.16. The highest BCUT2D eigenvalue weighted by atomic mass is 35.5. The van der Waals surface area contributed by atoms with Crippen LogP contribution < -0.4 is 5.32 Å². The third-order valence-electron chi connectivity index (χ3n) is 2.60. The molecule has 0 bridgehead atoms. The Kier molecular flexibility index (Phi) is 4.10. The molecule has 2 nitrogen and oxygen atoms in total. The van der Waals surface area contributed by atoms with Crippen molar-refractivity contribution in [2.45, 2.75) is 12.5 Å². The van der Waals surface area contributed by atoms with E-state index in [1.165, 1.54) is 6.07 Å². The van der Waals surface area contributed by atoms with Gasteiger partial charge in [-0.2, -0.15) is 0 Å². The summed E-state index contributed by atoms with van der Waals surface area (Å²) < 4.78 is 13.3. The van der Waals surface area contributed by atoms with Gasteiger partial charge in [0.1, 0.15) is 5.82 Å². The lowest BCUT2D eigenvalue weighted by Gasteiger charge is -2.15. The summed E-state index contributed by atoms with van der Waals surface area (Å²) in [6.07, 6.45) is 2.47. The van der Waals surface area contributed by atoms with Crippen molar-refractivity contribution in [2.75, 3.05) is 7.05 Å². The summed E-state index contributed by atoms with van der Waals surface area (Å²) in [5.41, 5.74) is 2.59. The molecule has 0 saturated heterocycles. The van der Waals surface area contributed by atoms with Crippen molar-refractivity contribution in [3.63, 3.8) is 0 Å². The highest BCUT2D eigenvalue weighted by molar-refractivity contribution is 7.09. The lowest BCUT2D eigenvalue weighted by atomic mass is 10.1. The lowest BCUT2D eigenvalue weighted by Crippen LogP contribution is -2.18. The number of rotatable bonds is 4. The molecule has 0 spiro atoms. The van der Waals surface area contributed by atoms with Gasteiger partial charge in [0.05, 0.1) is 10.5 Å². The van der Waals surface area contributed by atoms with Gasteiger partial charge in [-0.05, 0) is 25.1 Å². The molecule has 0 aliphatic heterocycles. The van der Waals surface area contributed by atoms with Crippen molar-refractivity contribution >= 4 is 22.9 Å². The average Bonchev–Trinajstić information content (AvgIpc) is 2.85. The maximum absolute atomic E-state index is 13.3. The molecule has 0 amide bonds. The number of hydrogen-bond donors (Lipinski definition) is 1. The van der Waals surface area contributed by atoms with Crippen LogP contribution in [-0.2, 0) is 6.42 Å². The van der Waals surface area contributed by atoms with Crippen LogP contribution >= 0.6 is 22.9 Å². The predicted octanol–water partition coefficient (Wildman–Crippen LogP) is 3.44. The van der Waals surface area contributed by atoms with E-state index in [9.17, 15) is 4.39 Å². The van der Waals surface area contributed by atoms with Crippen molar-refractivity contribution < 1.29 is 4.39 Å². The average molecular weight is 271 g/mol. The number of halogens is 2. The first kappa shape index (κ1) is 12.5. The van der Waals surface area contributed by atoms with Crippen molar-refractivity contribution in [1.29, 1.82) is 0 Å². The van der Waals surface area contributed by atoms with Gasteiger partial charge in [0, 0.05) is 17.1 Å².